The minimum absolute atomic E-state index is 0.0172. The predicted molar refractivity (Wildman–Crippen MR) is 124 cm³/mol. The molecule has 174 valence electrons. The van der Waals surface area contributed by atoms with E-state index in [1.54, 1.807) is 6.92 Å². The first kappa shape index (κ1) is 22.8. The van der Waals surface area contributed by atoms with Crippen LogP contribution in [0.2, 0.25) is 0 Å². The average Bonchev–Trinajstić information content (AvgIpc) is 3.37. The molecule has 0 bridgehead atoms. The Balaban J connectivity index is 1.24. The molecular formula is C26H30N2O5. The summed E-state index contributed by atoms with van der Waals surface area (Å²) < 4.78 is 5.62. The van der Waals surface area contributed by atoms with E-state index in [1.165, 1.54) is 22.3 Å². The van der Waals surface area contributed by atoms with Gasteiger partial charge in [0.2, 0.25) is 5.91 Å². The van der Waals surface area contributed by atoms with Crippen LogP contribution >= 0.6 is 0 Å². The number of benzene rings is 2. The fraction of sp³-hybridized carbons (Fsp3) is 0.423. The van der Waals surface area contributed by atoms with Gasteiger partial charge >= 0.3 is 12.1 Å². The lowest BCUT2D eigenvalue weighted by atomic mass is 9.98. The van der Waals surface area contributed by atoms with Gasteiger partial charge in [-0.2, -0.15) is 0 Å². The van der Waals surface area contributed by atoms with Crippen molar-refractivity contribution >= 4 is 18.0 Å². The number of fused-ring (bicyclic) bond motifs is 3. The molecule has 1 saturated carbocycles. The molecule has 2 aromatic carbocycles. The van der Waals surface area contributed by atoms with E-state index in [0.29, 0.717) is 12.8 Å². The molecule has 7 heteroatoms. The quantitative estimate of drug-likeness (QED) is 0.565. The summed E-state index contributed by atoms with van der Waals surface area (Å²) in [6.45, 7) is 1.97. The Bertz CT molecular complexity index is 991. The highest BCUT2D eigenvalue weighted by atomic mass is 16.5. The number of alkyl carbamates (subject to hydrolysis) is 1. The number of rotatable bonds is 8. The summed E-state index contributed by atoms with van der Waals surface area (Å²) in [5.41, 5.74) is 4.74. The van der Waals surface area contributed by atoms with E-state index in [2.05, 4.69) is 34.9 Å². The monoisotopic (exact) mass is 450 g/mol. The highest BCUT2D eigenvalue weighted by Crippen LogP contribution is 2.44. The molecule has 2 aliphatic rings. The summed E-state index contributed by atoms with van der Waals surface area (Å²) in [5, 5.41) is 14.5. The fourth-order valence-electron chi connectivity index (χ4n) is 4.89. The topological polar surface area (TPSA) is 105 Å². The Labute approximate surface area is 193 Å². The van der Waals surface area contributed by atoms with Crippen molar-refractivity contribution in [3.63, 3.8) is 0 Å². The number of carboxylic acids is 1. The highest BCUT2D eigenvalue weighted by molar-refractivity contribution is 5.79. The molecule has 33 heavy (non-hydrogen) atoms. The maximum Gasteiger partial charge on any atom is 0.407 e. The van der Waals surface area contributed by atoms with Crippen LogP contribution in [0, 0.1) is 11.8 Å². The van der Waals surface area contributed by atoms with Crippen molar-refractivity contribution in [3.05, 3.63) is 59.7 Å². The van der Waals surface area contributed by atoms with E-state index in [-0.39, 0.29) is 36.9 Å². The second kappa shape index (κ2) is 10.1. The van der Waals surface area contributed by atoms with E-state index in [4.69, 9.17) is 9.84 Å². The van der Waals surface area contributed by atoms with Gasteiger partial charge in [-0.1, -0.05) is 55.5 Å². The Morgan fingerprint density at radius 1 is 1.03 bits per heavy atom. The van der Waals surface area contributed by atoms with Crippen LogP contribution in [-0.2, 0) is 14.3 Å². The van der Waals surface area contributed by atoms with Crippen LogP contribution < -0.4 is 10.6 Å². The van der Waals surface area contributed by atoms with Crippen LogP contribution in [0.3, 0.4) is 0 Å². The van der Waals surface area contributed by atoms with Crippen LogP contribution in [0.15, 0.2) is 48.5 Å². The van der Waals surface area contributed by atoms with Crippen LogP contribution in [0.1, 0.15) is 49.7 Å². The smallest absolute Gasteiger partial charge is 0.407 e. The zero-order valence-electron chi connectivity index (χ0n) is 18.8. The first-order chi connectivity index (χ1) is 15.9. The van der Waals surface area contributed by atoms with Gasteiger partial charge in [-0.25, -0.2) is 4.79 Å². The Kier molecular flexibility index (Phi) is 6.96. The largest absolute Gasteiger partial charge is 0.481 e. The van der Waals surface area contributed by atoms with Crippen LogP contribution in [0.4, 0.5) is 4.79 Å². The molecule has 3 N–H and O–H groups in total. The summed E-state index contributed by atoms with van der Waals surface area (Å²) in [5.74, 6) is -1.49. The maximum absolute atomic E-state index is 12.5. The van der Waals surface area contributed by atoms with Gasteiger partial charge < -0.3 is 20.5 Å². The molecule has 4 rings (SSSR count). The number of amides is 2. The lowest BCUT2D eigenvalue weighted by Gasteiger charge is -2.17. The number of carboxylic acid groups (broad SMARTS) is 1. The second-order valence-electron chi connectivity index (χ2n) is 9.09. The number of carbonyl (C=O) groups is 3. The molecule has 2 aromatic rings. The Hall–Kier alpha value is -3.35. The first-order valence-corrected chi connectivity index (χ1v) is 11.5. The summed E-state index contributed by atoms with van der Waals surface area (Å²) in [4.78, 5) is 35.4. The fourth-order valence-corrected chi connectivity index (χ4v) is 4.89. The van der Waals surface area contributed by atoms with E-state index in [1.807, 2.05) is 24.3 Å². The van der Waals surface area contributed by atoms with Gasteiger partial charge in [-0.05, 0) is 47.4 Å². The van der Waals surface area contributed by atoms with Gasteiger partial charge in [0.15, 0.2) is 0 Å². The Morgan fingerprint density at radius 3 is 2.30 bits per heavy atom. The van der Waals surface area contributed by atoms with Gasteiger partial charge in [-0.3, -0.25) is 9.59 Å². The lowest BCUT2D eigenvalue weighted by molar-refractivity contribution is -0.141. The van der Waals surface area contributed by atoms with Gasteiger partial charge in [-0.15, -0.1) is 0 Å². The van der Waals surface area contributed by atoms with Crippen LogP contribution in [0.25, 0.3) is 11.1 Å². The number of ether oxygens (including phenoxy) is 1. The normalized spacial score (nSPS) is 19.9. The molecule has 7 nitrogen and oxygen atoms in total. The molecule has 0 radical (unpaired) electrons. The number of hydrogen-bond donors (Lipinski definition) is 3. The predicted octanol–water partition coefficient (Wildman–Crippen LogP) is 3.92. The van der Waals surface area contributed by atoms with Crippen molar-refractivity contribution in [1.29, 1.82) is 0 Å². The maximum atomic E-state index is 12.5. The number of hydrogen-bond acceptors (Lipinski definition) is 4. The number of nitrogens with one attached hydrogen (secondary N) is 2. The zero-order chi connectivity index (χ0) is 23.4. The standard InChI is InChI=1S/C26H30N2O5/c1-16(25(30)31)14-27-24(29)13-17-10-11-18(12-17)28-26(32)33-15-23-21-8-4-2-6-19(21)20-7-3-5-9-22(20)23/h2-9,16-18,23H,10-15H2,1H3,(H,27,29)(H,28,32)(H,30,31)/t16?,17-,18+/m1/s1. The molecule has 3 atom stereocenters. The molecule has 2 aliphatic carbocycles. The third-order valence-electron chi connectivity index (χ3n) is 6.71. The summed E-state index contributed by atoms with van der Waals surface area (Å²) in [7, 11) is 0. The molecule has 0 aliphatic heterocycles. The third kappa shape index (κ3) is 5.35. The van der Waals surface area contributed by atoms with E-state index in [9.17, 15) is 14.4 Å². The molecule has 2 amide bonds. The van der Waals surface area contributed by atoms with E-state index in [0.717, 1.165) is 12.8 Å². The minimum Gasteiger partial charge on any atom is -0.481 e. The molecule has 0 aromatic heterocycles. The first-order valence-electron chi connectivity index (χ1n) is 11.5. The van der Waals surface area contributed by atoms with Crippen LogP contribution in [0.5, 0.6) is 0 Å². The molecule has 0 spiro atoms. The molecule has 0 heterocycles. The van der Waals surface area contributed by atoms with Crippen molar-refractivity contribution in [3.8, 4) is 11.1 Å². The Morgan fingerprint density at radius 2 is 1.67 bits per heavy atom. The summed E-state index contributed by atoms with van der Waals surface area (Å²) in [6.07, 6.45) is 2.27. The van der Waals surface area contributed by atoms with Crippen molar-refractivity contribution in [2.24, 2.45) is 11.8 Å². The third-order valence-corrected chi connectivity index (χ3v) is 6.71. The van der Waals surface area contributed by atoms with Gasteiger partial charge in [0.1, 0.15) is 6.61 Å². The van der Waals surface area contributed by atoms with Crippen molar-refractivity contribution in [2.75, 3.05) is 13.2 Å². The van der Waals surface area contributed by atoms with Crippen molar-refractivity contribution in [2.45, 2.75) is 44.6 Å². The number of aliphatic carboxylic acids is 1. The van der Waals surface area contributed by atoms with E-state index >= 15 is 0 Å². The molecule has 0 saturated heterocycles. The summed E-state index contributed by atoms with van der Waals surface area (Å²) >= 11 is 0. The van der Waals surface area contributed by atoms with E-state index < -0.39 is 18.0 Å². The second-order valence-corrected chi connectivity index (χ2v) is 9.09. The highest BCUT2D eigenvalue weighted by Gasteiger charge is 2.31. The zero-order valence-corrected chi connectivity index (χ0v) is 18.8. The van der Waals surface area contributed by atoms with Crippen molar-refractivity contribution in [1.82, 2.24) is 10.6 Å². The molecular weight excluding hydrogens is 420 g/mol. The SMILES string of the molecule is CC(CNC(=O)C[C@@H]1CC[C@H](NC(=O)OCC2c3ccccc3-c3ccccc32)C1)C(=O)O. The van der Waals surface area contributed by atoms with Gasteiger partial charge in [0, 0.05) is 24.9 Å². The molecule has 1 fully saturated rings. The van der Waals surface area contributed by atoms with Crippen molar-refractivity contribution < 1.29 is 24.2 Å². The lowest BCUT2D eigenvalue weighted by Crippen LogP contribution is -2.35. The van der Waals surface area contributed by atoms with Crippen LogP contribution in [-0.4, -0.2) is 42.3 Å². The summed E-state index contributed by atoms with van der Waals surface area (Å²) in [6, 6.07) is 16.4. The van der Waals surface area contributed by atoms with Gasteiger partial charge in [0.05, 0.1) is 5.92 Å². The molecule has 1 unspecified atom stereocenters. The average molecular weight is 451 g/mol. The minimum atomic E-state index is -0.927. The van der Waals surface area contributed by atoms with Gasteiger partial charge in [0.25, 0.3) is 0 Å². The number of carbonyl (C=O) groups excluding carboxylic acids is 2.